The summed E-state index contributed by atoms with van der Waals surface area (Å²) in [5.74, 6) is 0.671. The number of thioether (sulfide) groups is 1. The first-order chi connectivity index (χ1) is 11.0. The molecule has 2 aromatic rings. The third-order valence-corrected chi connectivity index (χ3v) is 5.51. The van der Waals surface area contributed by atoms with E-state index in [-0.39, 0.29) is 5.97 Å². The van der Waals surface area contributed by atoms with Crippen LogP contribution in [0.2, 0.25) is 0 Å². The number of hydrogen-bond acceptors (Lipinski definition) is 10. The van der Waals surface area contributed by atoms with Gasteiger partial charge in [-0.2, -0.15) is 0 Å². The van der Waals surface area contributed by atoms with Gasteiger partial charge in [0.1, 0.15) is 4.88 Å². The van der Waals surface area contributed by atoms with E-state index < -0.39 is 0 Å². The summed E-state index contributed by atoms with van der Waals surface area (Å²) in [4.78, 5) is 17.1. The minimum absolute atomic E-state index is 0.338. The number of nitrogens with zero attached hydrogens (tertiary/aromatic N) is 3. The molecule has 0 aliphatic heterocycles. The van der Waals surface area contributed by atoms with Crippen molar-refractivity contribution in [3.63, 3.8) is 0 Å². The summed E-state index contributed by atoms with van der Waals surface area (Å²) in [6.07, 6.45) is 0. The normalized spacial score (nSPS) is 11.0. The fraction of sp³-hybridized carbons (Fsp3) is 0.538. The maximum absolute atomic E-state index is 12.1. The first kappa shape index (κ1) is 18.0. The molecule has 7 nitrogen and oxygen atoms in total. The van der Waals surface area contributed by atoms with Crippen molar-refractivity contribution >= 4 is 50.7 Å². The van der Waals surface area contributed by atoms with Crippen molar-refractivity contribution in [3.05, 3.63) is 10.6 Å². The number of rotatable bonds is 8. The van der Waals surface area contributed by atoms with Crippen LogP contribution in [-0.2, 0) is 10.5 Å². The Hall–Kier alpha value is -1.39. The van der Waals surface area contributed by atoms with Gasteiger partial charge in [0.2, 0.25) is 5.13 Å². The first-order valence-corrected chi connectivity index (χ1v) is 9.74. The number of anilines is 2. The molecule has 0 aliphatic rings. The Balaban J connectivity index is 2.11. The van der Waals surface area contributed by atoms with E-state index in [4.69, 9.17) is 10.5 Å². The lowest BCUT2D eigenvalue weighted by molar-refractivity contribution is 0.0531. The molecule has 0 saturated heterocycles. The molecule has 0 bridgehead atoms. The van der Waals surface area contributed by atoms with Crippen LogP contribution >= 0.6 is 34.4 Å². The second-order valence-corrected chi connectivity index (χ2v) is 8.22. The monoisotopic (exact) mass is 373 g/mol. The number of nitrogens with two attached hydrogens (primary N) is 1. The molecule has 0 spiro atoms. The van der Waals surface area contributed by atoms with Gasteiger partial charge in [0.25, 0.3) is 0 Å². The van der Waals surface area contributed by atoms with Crippen molar-refractivity contribution in [1.82, 2.24) is 15.2 Å². The second kappa shape index (κ2) is 8.46. The zero-order valence-electron chi connectivity index (χ0n) is 13.2. The largest absolute Gasteiger partial charge is 0.462 e. The summed E-state index contributed by atoms with van der Waals surface area (Å²) in [5, 5.41) is 12.1. The van der Waals surface area contributed by atoms with Crippen LogP contribution in [0.5, 0.6) is 0 Å². The number of hydrogen-bond donors (Lipinski definition) is 2. The van der Waals surface area contributed by atoms with Crippen LogP contribution in [0.4, 0.5) is 10.3 Å². The van der Waals surface area contributed by atoms with Gasteiger partial charge in [0, 0.05) is 12.3 Å². The van der Waals surface area contributed by atoms with Gasteiger partial charge in [-0.05, 0) is 12.8 Å². The molecule has 0 aromatic carbocycles. The Morgan fingerprint density at radius 2 is 2.17 bits per heavy atom. The molecule has 2 heterocycles. The van der Waals surface area contributed by atoms with Gasteiger partial charge in [-0.1, -0.05) is 48.3 Å². The lowest BCUT2D eigenvalue weighted by Gasteiger charge is -2.04. The number of carbonyl (C=O) groups excluding carboxylic acids is 1. The van der Waals surface area contributed by atoms with E-state index in [1.54, 1.807) is 6.92 Å². The standard InChI is InChI=1S/C13H19N5O2S3/c1-4-20-10(19)9-8(6-21-13-18-17-11(14)23-13)16-12(22-9)15-5-7(2)3/h7H,4-6H2,1-3H3,(H2,14,17)(H,15,16). The number of carbonyl (C=O) groups is 1. The maximum atomic E-state index is 12.1. The van der Waals surface area contributed by atoms with Gasteiger partial charge < -0.3 is 15.8 Å². The summed E-state index contributed by atoms with van der Waals surface area (Å²) in [6, 6.07) is 0. The average Bonchev–Trinajstić information content (AvgIpc) is 3.09. The third kappa shape index (κ3) is 5.33. The Morgan fingerprint density at radius 1 is 1.39 bits per heavy atom. The van der Waals surface area contributed by atoms with E-state index in [1.807, 2.05) is 0 Å². The Bertz CT molecular complexity index is 656. The molecule has 0 atom stereocenters. The number of thiazole rings is 1. The van der Waals surface area contributed by atoms with E-state index in [0.717, 1.165) is 16.0 Å². The molecule has 10 heteroatoms. The maximum Gasteiger partial charge on any atom is 0.350 e. The lowest BCUT2D eigenvalue weighted by Crippen LogP contribution is -2.07. The molecule has 0 radical (unpaired) electrons. The molecule has 2 rings (SSSR count). The third-order valence-electron chi connectivity index (χ3n) is 2.57. The first-order valence-electron chi connectivity index (χ1n) is 7.12. The number of esters is 1. The van der Waals surface area contributed by atoms with Gasteiger partial charge >= 0.3 is 5.97 Å². The van der Waals surface area contributed by atoms with Crippen LogP contribution in [0.1, 0.15) is 36.1 Å². The van der Waals surface area contributed by atoms with Crippen molar-refractivity contribution in [3.8, 4) is 0 Å². The van der Waals surface area contributed by atoms with E-state index >= 15 is 0 Å². The van der Waals surface area contributed by atoms with Crippen molar-refractivity contribution in [2.75, 3.05) is 24.2 Å². The molecule has 3 N–H and O–H groups in total. The number of nitrogens with one attached hydrogen (secondary N) is 1. The molecule has 0 fully saturated rings. The van der Waals surface area contributed by atoms with Crippen LogP contribution in [0.3, 0.4) is 0 Å². The summed E-state index contributed by atoms with van der Waals surface area (Å²) >= 11 is 4.09. The zero-order valence-corrected chi connectivity index (χ0v) is 15.6. The lowest BCUT2D eigenvalue weighted by atomic mass is 10.2. The van der Waals surface area contributed by atoms with Crippen LogP contribution in [0, 0.1) is 5.92 Å². The van der Waals surface area contributed by atoms with Gasteiger partial charge in [-0.15, -0.1) is 10.2 Å². The molecular formula is C13H19N5O2S3. The highest BCUT2D eigenvalue weighted by molar-refractivity contribution is 8.00. The highest BCUT2D eigenvalue weighted by Gasteiger charge is 2.20. The fourth-order valence-electron chi connectivity index (χ4n) is 1.58. The number of ether oxygens (including phenoxy) is 1. The highest BCUT2D eigenvalue weighted by atomic mass is 32.2. The summed E-state index contributed by atoms with van der Waals surface area (Å²) in [6.45, 7) is 7.16. The average molecular weight is 374 g/mol. The summed E-state index contributed by atoms with van der Waals surface area (Å²) in [7, 11) is 0. The Kier molecular flexibility index (Phi) is 6.60. The van der Waals surface area contributed by atoms with Crippen LogP contribution < -0.4 is 11.1 Å². The second-order valence-electron chi connectivity index (χ2n) is 4.98. The van der Waals surface area contributed by atoms with Crippen LogP contribution in [0.25, 0.3) is 0 Å². The van der Waals surface area contributed by atoms with Crippen LogP contribution in [0.15, 0.2) is 4.34 Å². The fourth-order valence-corrected chi connectivity index (χ4v) is 4.13. The van der Waals surface area contributed by atoms with E-state index in [1.165, 1.54) is 34.4 Å². The van der Waals surface area contributed by atoms with Crippen molar-refractivity contribution in [1.29, 1.82) is 0 Å². The topological polar surface area (TPSA) is 103 Å². The molecule has 2 aromatic heterocycles. The Morgan fingerprint density at radius 3 is 2.78 bits per heavy atom. The SMILES string of the molecule is CCOC(=O)c1sc(NCC(C)C)nc1CSc1nnc(N)s1. The molecule has 0 unspecified atom stereocenters. The van der Waals surface area contributed by atoms with Gasteiger partial charge in [0.15, 0.2) is 9.47 Å². The molecule has 0 saturated carbocycles. The molecule has 0 amide bonds. The quantitative estimate of drug-likeness (QED) is 0.537. The summed E-state index contributed by atoms with van der Waals surface area (Å²) < 4.78 is 5.86. The summed E-state index contributed by atoms with van der Waals surface area (Å²) in [5.41, 5.74) is 6.26. The number of aromatic nitrogens is 3. The minimum Gasteiger partial charge on any atom is -0.462 e. The molecule has 23 heavy (non-hydrogen) atoms. The van der Waals surface area contributed by atoms with Crippen molar-refractivity contribution < 1.29 is 9.53 Å². The van der Waals surface area contributed by atoms with E-state index in [2.05, 4.69) is 34.3 Å². The highest BCUT2D eigenvalue weighted by Crippen LogP contribution is 2.31. The predicted molar refractivity (Wildman–Crippen MR) is 95.3 cm³/mol. The minimum atomic E-state index is -0.338. The zero-order chi connectivity index (χ0) is 16.8. The van der Waals surface area contributed by atoms with Gasteiger partial charge in [-0.25, -0.2) is 9.78 Å². The van der Waals surface area contributed by atoms with E-state index in [9.17, 15) is 4.79 Å². The number of nitrogen functional groups attached to an aromatic ring is 1. The molecule has 0 aliphatic carbocycles. The van der Waals surface area contributed by atoms with Crippen molar-refractivity contribution in [2.45, 2.75) is 30.9 Å². The van der Waals surface area contributed by atoms with Gasteiger partial charge in [-0.3, -0.25) is 0 Å². The van der Waals surface area contributed by atoms with Crippen molar-refractivity contribution in [2.24, 2.45) is 5.92 Å². The predicted octanol–water partition coefficient (Wildman–Crippen LogP) is 3.11. The molecule has 126 valence electrons. The smallest absolute Gasteiger partial charge is 0.350 e. The van der Waals surface area contributed by atoms with Crippen LogP contribution in [-0.4, -0.2) is 34.3 Å². The molecular weight excluding hydrogens is 354 g/mol. The van der Waals surface area contributed by atoms with Gasteiger partial charge in [0.05, 0.1) is 12.3 Å². The Labute approximate surface area is 147 Å². The van der Waals surface area contributed by atoms with E-state index in [0.29, 0.717) is 34.0 Å².